The normalized spacial score (nSPS) is 10.2. The maximum atomic E-state index is 12.0. The topological polar surface area (TPSA) is 64.4 Å². The molecule has 94 valence electrons. The Balaban J connectivity index is 2.23. The number of rotatable bonds is 3. The van der Waals surface area contributed by atoms with Gasteiger partial charge in [-0.25, -0.2) is 0 Å². The molecular formula is C12H11BrN2O3. The molecule has 1 aromatic carbocycles. The number of anilines is 1. The first kappa shape index (κ1) is 12.6. The first-order valence-electron chi connectivity index (χ1n) is 5.18. The maximum Gasteiger partial charge on any atom is 0.258 e. The van der Waals surface area contributed by atoms with Crippen molar-refractivity contribution in [2.45, 2.75) is 6.92 Å². The predicted molar refractivity (Wildman–Crippen MR) is 69.9 cm³/mol. The largest absolute Gasteiger partial charge is 0.497 e. The Morgan fingerprint density at radius 1 is 1.44 bits per heavy atom. The van der Waals surface area contributed by atoms with Crippen LogP contribution in [0.25, 0.3) is 0 Å². The predicted octanol–water partition coefficient (Wildman–Crippen LogP) is 3.01. The number of aryl methyl sites for hydroxylation is 1. The second-order valence-electron chi connectivity index (χ2n) is 3.62. The Kier molecular flexibility index (Phi) is 3.66. The van der Waals surface area contributed by atoms with E-state index in [4.69, 9.17) is 9.26 Å². The summed E-state index contributed by atoms with van der Waals surface area (Å²) in [5.41, 5.74) is 0.468. The zero-order valence-corrected chi connectivity index (χ0v) is 11.4. The van der Waals surface area contributed by atoms with Gasteiger partial charge in [0.05, 0.1) is 12.7 Å². The van der Waals surface area contributed by atoms with Gasteiger partial charge in [0.1, 0.15) is 11.5 Å². The van der Waals surface area contributed by atoms with Crippen molar-refractivity contribution in [1.82, 2.24) is 5.16 Å². The molecule has 0 atom stereocenters. The van der Waals surface area contributed by atoms with Gasteiger partial charge < -0.3 is 14.6 Å². The van der Waals surface area contributed by atoms with Crippen LogP contribution in [-0.4, -0.2) is 18.2 Å². The lowest BCUT2D eigenvalue weighted by molar-refractivity contribution is 0.102. The van der Waals surface area contributed by atoms with Gasteiger partial charge in [-0.3, -0.25) is 4.79 Å². The van der Waals surface area contributed by atoms with Gasteiger partial charge in [-0.1, -0.05) is 5.16 Å². The standard InChI is InChI=1S/C12H11BrN2O3/c1-7-5-11(15-18-7)14-12(16)9-6-8(17-2)3-4-10(9)13/h3-6H,1-2H3,(H,14,15,16). The van der Waals surface area contributed by atoms with Gasteiger partial charge in [-0.2, -0.15) is 0 Å². The van der Waals surface area contributed by atoms with E-state index < -0.39 is 0 Å². The molecule has 0 saturated heterocycles. The Labute approximate surface area is 112 Å². The van der Waals surface area contributed by atoms with Crippen LogP contribution in [0.3, 0.4) is 0 Å². The molecule has 0 aliphatic rings. The molecule has 0 spiro atoms. The molecule has 0 radical (unpaired) electrons. The molecule has 0 fully saturated rings. The minimum absolute atomic E-state index is 0.283. The second kappa shape index (κ2) is 5.22. The molecule has 0 bridgehead atoms. The second-order valence-corrected chi connectivity index (χ2v) is 4.48. The number of ether oxygens (including phenoxy) is 1. The summed E-state index contributed by atoms with van der Waals surface area (Å²) in [4.78, 5) is 12.0. The Hall–Kier alpha value is -1.82. The molecule has 1 amide bonds. The van der Waals surface area contributed by atoms with Crippen LogP contribution in [-0.2, 0) is 0 Å². The number of carbonyl (C=O) groups excluding carboxylic acids is 1. The van der Waals surface area contributed by atoms with Crippen LogP contribution in [0.15, 0.2) is 33.3 Å². The number of nitrogens with zero attached hydrogens (tertiary/aromatic N) is 1. The van der Waals surface area contributed by atoms with Crippen molar-refractivity contribution < 1.29 is 14.1 Å². The van der Waals surface area contributed by atoms with E-state index >= 15 is 0 Å². The molecule has 6 heteroatoms. The van der Waals surface area contributed by atoms with Crippen LogP contribution < -0.4 is 10.1 Å². The third-order valence-electron chi connectivity index (χ3n) is 2.29. The van der Waals surface area contributed by atoms with Crippen LogP contribution in [0.1, 0.15) is 16.1 Å². The lowest BCUT2D eigenvalue weighted by Crippen LogP contribution is -2.12. The van der Waals surface area contributed by atoms with Gasteiger partial charge in [0.2, 0.25) is 0 Å². The van der Waals surface area contributed by atoms with E-state index in [1.807, 2.05) is 0 Å². The van der Waals surface area contributed by atoms with Gasteiger partial charge in [0, 0.05) is 10.5 Å². The molecule has 1 aromatic heterocycles. The van der Waals surface area contributed by atoms with E-state index in [0.717, 1.165) is 0 Å². The first-order valence-corrected chi connectivity index (χ1v) is 5.97. The number of hydrogen-bond donors (Lipinski definition) is 1. The molecule has 0 saturated carbocycles. The van der Waals surface area contributed by atoms with Crippen LogP contribution >= 0.6 is 15.9 Å². The summed E-state index contributed by atoms with van der Waals surface area (Å²) in [6.45, 7) is 1.75. The fourth-order valence-corrected chi connectivity index (χ4v) is 1.84. The quantitative estimate of drug-likeness (QED) is 0.946. The van der Waals surface area contributed by atoms with E-state index in [1.54, 1.807) is 38.3 Å². The van der Waals surface area contributed by atoms with Gasteiger partial charge in [0.25, 0.3) is 5.91 Å². The van der Waals surface area contributed by atoms with Gasteiger partial charge in [0.15, 0.2) is 5.82 Å². The Morgan fingerprint density at radius 2 is 2.22 bits per heavy atom. The highest BCUT2D eigenvalue weighted by Crippen LogP contribution is 2.23. The number of amides is 1. The first-order chi connectivity index (χ1) is 8.60. The van der Waals surface area contributed by atoms with E-state index in [1.165, 1.54) is 0 Å². The molecule has 2 rings (SSSR count). The SMILES string of the molecule is COc1ccc(Br)c(C(=O)Nc2cc(C)on2)c1. The fraction of sp³-hybridized carbons (Fsp3) is 0.167. The van der Waals surface area contributed by atoms with Crippen molar-refractivity contribution >= 4 is 27.7 Å². The monoisotopic (exact) mass is 310 g/mol. The number of nitrogens with one attached hydrogen (secondary N) is 1. The molecule has 0 aliphatic heterocycles. The number of methoxy groups -OCH3 is 1. The third-order valence-corrected chi connectivity index (χ3v) is 2.98. The van der Waals surface area contributed by atoms with E-state index in [0.29, 0.717) is 27.4 Å². The summed E-state index contributed by atoms with van der Waals surface area (Å²) >= 11 is 3.32. The summed E-state index contributed by atoms with van der Waals surface area (Å²) < 4.78 is 10.6. The Morgan fingerprint density at radius 3 is 2.83 bits per heavy atom. The van der Waals surface area contributed by atoms with Crippen LogP contribution in [0.2, 0.25) is 0 Å². The molecule has 0 unspecified atom stereocenters. The summed E-state index contributed by atoms with van der Waals surface area (Å²) in [5, 5.41) is 6.34. The maximum absolute atomic E-state index is 12.0. The zero-order chi connectivity index (χ0) is 13.1. The molecule has 1 heterocycles. The molecule has 0 aliphatic carbocycles. The summed E-state index contributed by atoms with van der Waals surface area (Å²) in [7, 11) is 1.55. The highest BCUT2D eigenvalue weighted by Gasteiger charge is 2.13. The van der Waals surface area contributed by atoms with Crippen molar-refractivity contribution in [2.24, 2.45) is 0 Å². The van der Waals surface area contributed by atoms with Crippen LogP contribution in [0, 0.1) is 6.92 Å². The van der Waals surface area contributed by atoms with E-state index in [-0.39, 0.29) is 5.91 Å². The average molecular weight is 311 g/mol. The lowest BCUT2D eigenvalue weighted by Gasteiger charge is -2.06. The highest BCUT2D eigenvalue weighted by molar-refractivity contribution is 9.10. The number of halogens is 1. The van der Waals surface area contributed by atoms with Gasteiger partial charge in [-0.05, 0) is 41.1 Å². The van der Waals surface area contributed by atoms with Crippen molar-refractivity contribution in [3.63, 3.8) is 0 Å². The number of hydrogen-bond acceptors (Lipinski definition) is 4. The smallest absolute Gasteiger partial charge is 0.258 e. The number of benzene rings is 1. The summed E-state index contributed by atoms with van der Waals surface area (Å²) in [6, 6.07) is 6.81. The van der Waals surface area contributed by atoms with Gasteiger partial charge >= 0.3 is 0 Å². The zero-order valence-electron chi connectivity index (χ0n) is 9.86. The highest BCUT2D eigenvalue weighted by atomic mass is 79.9. The van der Waals surface area contributed by atoms with E-state index in [2.05, 4.69) is 26.4 Å². The van der Waals surface area contributed by atoms with Crippen molar-refractivity contribution in [3.05, 3.63) is 40.1 Å². The minimum atomic E-state index is -0.283. The minimum Gasteiger partial charge on any atom is -0.497 e. The van der Waals surface area contributed by atoms with E-state index in [9.17, 15) is 4.79 Å². The molecule has 18 heavy (non-hydrogen) atoms. The lowest BCUT2D eigenvalue weighted by atomic mass is 10.2. The van der Waals surface area contributed by atoms with Crippen molar-refractivity contribution in [2.75, 3.05) is 12.4 Å². The van der Waals surface area contributed by atoms with Gasteiger partial charge in [-0.15, -0.1) is 0 Å². The number of aromatic nitrogens is 1. The van der Waals surface area contributed by atoms with Crippen LogP contribution in [0.4, 0.5) is 5.82 Å². The molecule has 1 N–H and O–H groups in total. The third kappa shape index (κ3) is 2.70. The molecule has 5 nitrogen and oxygen atoms in total. The number of carbonyl (C=O) groups is 1. The Bertz CT molecular complexity index is 580. The van der Waals surface area contributed by atoms with Crippen molar-refractivity contribution in [1.29, 1.82) is 0 Å². The summed E-state index contributed by atoms with van der Waals surface area (Å²) in [5.74, 6) is 1.34. The van der Waals surface area contributed by atoms with Crippen molar-refractivity contribution in [3.8, 4) is 5.75 Å². The molecule has 2 aromatic rings. The average Bonchev–Trinajstić information content (AvgIpc) is 2.75. The fourth-order valence-electron chi connectivity index (χ4n) is 1.41. The summed E-state index contributed by atoms with van der Waals surface area (Å²) in [6.07, 6.45) is 0. The molecular weight excluding hydrogens is 300 g/mol. The van der Waals surface area contributed by atoms with Crippen LogP contribution in [0.5, 0.6) is 5.75 Å².